The largest absolute Gasteiger partial charge is 0.494 e. The van der Waals surface area contributed by atoms with Crippen molar-refractivity contribution in [2.45, 2.75) is 20.3 Å². The molecule has 2 N–H and O–H groups in total. The molecule has 0 spiro atoms. The molecule has 2 aromatic carbocycles. The fourth-order valence-electron chi connectivity index (χ4n) is 2.04. The van der Waals surface area contributed by atoms with Gasteiger partial charge in [-0.25, -0.2) is 5.43 Å². The number of rotatable bonds is 6. The van der Waals surface area contributed by atoms with Crippen LogP contribution in [0.15, 0.2) is 53.6 Å². The molecule has 0 aliphatic carbocycles. The van der Waals surface area contributed by atoms with Gasteiger partial charge in [0.15, 0.2) is 0 Å². The summed E-state index contributed by atoms with van der Waals surface area (Å²) in [7, 11) is 0. The summed E-state index contributed by atoms with van der Waals surface area (Å²) >= 11 is 0. The fourth-order valence-corrected chi connectivity index (χ4v) is 2.04. The first kappa shape index (κ1) is 18.2. The predicted octanol–water partition coefficient (Wildman–Crippen LogP) is 2.74. The lowest BCUT2D eigenvalue weighted by atomic mass is 10.1. The van der Waals surface area contributed by atoms with Crippen molar-refractivity contribution in [3.8, 4) is 5.75 Å². The smallest absolute Gasteiger partial charge is 0.329 e. The average molecular weight is 339 g/mol. The van der Waals surface area contributed by atoms with E-state index in [1.165, 1.54) is 11.8 Å². The van der Waals surface area contributed by atoms with E-state index in [9.17, 15) is 9.59 Å². The first-order valence-corrected chi connectivity index (χ1v) is 8.08. The molecule has 0 aromatic heterocycles. The van der Waals surface area contributed by atoms with E-state index in [1.54, 1.807) is 24.3 Å². The quantitative estimate of drug-likeness (QED) is 0.482. The fraction of sp³-hybridized carbons (Fsp3) is 0.211. The van der Waals surface area contributed by atoms with Gasteiger partial charge in [-0.2, -0.15) is 5.10 Å². The number of anilines is 1. The Morgan fingerprint density at radius 3 is 2.28 bits per heavy atom. The molecule has 2 amide bonds. The van der Waals surface area contributed by atoms with Crippen molar-refractivity contribution >= 4 is 23.7 Å². The Hall–Kier alpha value is -3.15. The molecule has 0 bridgehead atoms. The highest BCUT2D eigenvalue weighted by atomic mass is 16.5. The molecule has 0 fully saturated rings. The second-order valence-corrected chi connectivity index (χ2v) is 5.21. The minimum Gasteiger partial charge on any atom is -0.494 e. The number of carbonyl (C=O) groups excluding carboxylic acids is 2. The number of hydrazone groups is 1. The van der Waals surface area contributed by atoms with E-state index >= 15 is 0 Å². The number of nitrogens with one attached hydrogen (secondary N) is 2. The van der Waals surface area contributed by atoms with Crippen molar-refractivity contribution in [2.75, 3.05) is 11.9 Å². The van der Waals surface area contributed by atoms with Gasteiger partial charge >= 0.3 is 11.8 Å². The van der Waals surface area contributed by atoms with E-state index < -0.39 is 11.8 Å². The lowest BCUT2D eigenvalue weighted by Crippen LogP contribution is -2.32. The number of carbonyl (C=O) groups is 2. The third-order valence-electron chi connectivity index (χ3n) is 3.40. The number of hydrogen-bond donors (Lipinski definition) is 2. The maximum Gasteiger partial charge on any atom is 0.329 e. The Morgan fingerprint density at radius 1 is 1.00 bits per heavy atom. The van der Waals surface area contributed by atoms with E-state index in [-0.39, 0.29) is 0 Å². The standard InChI is InChI=1S/C19H21N3O3/c1-3-14-5-7-15(8-6-14)13-20-22-19(24)18(23)21-16-9-11-17(12-10-16)25-4-2/h5-13H,3-4H2,1-2H3,(H,21,23)(H,22,24). The summed E-state index contributed by atoms with van der Waals surface area (Å²) in [4.78, 5) is 23.6. The molecule has 0 radical (unpaired) electrons. The molecule has 2 rings (SSSR count). The summed E-state index contributed by atoms with van der Waals surface area (Å²) in [5, 5.41) is 6.29. The summed E-state index contributed by atoms with van der Waals surface area (Å²) in [5.74, 6) is -0.929. The SMILES string of the molecule is CCOc1ccc(NC(=O)C(=O)NN=Cc2ccc(CC)cc2)cc1. The van der Waals surface area contributed by atoms with E-state index in [0.29, 0.717) is 18.0 Å². The molecule has 6 heteroatoms. The van der Waals surface area contributed by atoms with Crippen molar-refractivity contribution in [1.29, 1.82) is 0 Å². The zero-order chi connectivity index (χ0) is 18.1. The number of amides is 2. The molecule has 2 aromatic rings. The molecule has 0 heterocycles. The van der Waals surface area contributed by atoms with Crippen LogP contribution < -0.4 is 15.5 Å². The lowest BCUT2D eigenvalue weighted by Gasteiger charge is -2.06. The summed E-state index contributed by atoms with van der Waals surface area (Å²) in [6.45, 7) is 4.53. The van der Waals surface area contributed by atoms with Gasteiger partial charge in [-0.05, 0) is 48.7 Å². The number of hydrogen-bond acceptors (Lipinski definition) is 4. The Bertz CT molecular complexity index is 738. The van der Waals surface area contributed by atoms with Crippen LogP contribution in [0.4, 0.5) is 5.69 Å². The molecule has 0 saturated heterocycles. The Balaban J connectivity index is 1.84. The van der Waals surface area contributed by atoms with Gasteiger partial charge in [0.25, 0.3) is 0 Å². The van der Waals surface area contributed by atoms with Crippen LogP contribution in [0, 0.1) is 0 Å². The highest BCUT2D eigenvalue weighted by Gasteiger charge is 2.12. The van der Waals surface area contributed by atoms with Crippen LogP contribution in [0.2, 0.25) is 0 Å². The van der Waals surface area contributed by atoms with Crippen LogP contribution in [0.5, 0.6) is 5.75 Å². The van der Waals surface area contributed by atoms with Crippen molar-refractivity contribution < 1.29 is 14.3 Å². The summed E-state index contributed by atoms with van der Waals surface area (Å²) in [5.41, 5.74) is 4.76. The molecule has 0 atom stereocenters. The Kier molecular flexibility index (Phi) is 6.71. The molecular formula is C19H21N3O3. The van der Waals surface area contributed by atoms with E-state index in [2.05, 4.69) is 22.8 Å². The van der Waals surface area contributed by atoms with Gasteiger partial charge in [-0.3, -0.25) is 9.59 Å². The van der Waals surface area contributed by atoms with E-state index in [0.717, 1.165) is 12.0 Å². The highest BCUT2D eigenvalue weighted by molar-refractivity contribution is 6.39. The van der Waals surface area contributed by atoms with E-state index in [4.69, 9.17) is 4.74 Å². The van der Waals surface area contributed by atoms with Crippen LogP contribution in [0.1, 0.15) is 25.0 Å². The van der Waals surface area contributed by atoms with Gasteiger partial charge in [0.2, 0.25) is 0 Å². The molecular weight excluding hydrogens is 318 g/mol. The van der Waals surface area contributed by atoms with Gasteiger partial charge < -0.3 is 10.1 Å². The second-order valence-electron chi connectivity index (χ2n) is 5.21. The highest BCUT2D eigenvalue weighted by Crippen LogP contribution is 2.15. The van der Waals surface area contributed by atoms with Crippen LogP contribution in [0.3, 0.4) is 0 Å². The van der Waals surface area contributed by atoms with Crippen LogP contribution in [-0.4, -0.2) is 24.6 Å². The van der Waals surface area contributed by atoms with Crippen molar-refractivity contribution in [3.63, 3.8) is 0 Å². The van der Waals surface area contributed by atoms with Gasteiger partial charge in [0, 0.05) is 5.69 Å². The summed E-state index contributed by atoms with van der Waals surface area (Å²) in [6.07, 6.45) is 2.45. The van der Waals surface area contributed by atoms with Crippen molar-refractivity contribution in [2.24, 2.45) is 5.10 Å². The molecule has 6 nitrogen and oxygen atoms in total. The summed E-state index contributed by atoms with van der Waals surface area (Å²) < 4.78 is 5.31. The monoisotopic (exact) mass is 339 g/mol. The average Bonchev–Trinajstić information content (AvgIpc) is 2.64. The zero-order valence-electron chi connectivity index (χ0n) is 14.3. The van der Waals surface area contributed by atoms with Crippen molar-refractivity contribution in [3.05, 3.63) is 59.7 Å². The minimum absolute atomic E-state index is 0.503. The van der Waals surface area contributed by atoms with Crippen LogP contribution in [0.25, 0.3) is 0 Å². The minimum atomic E-state index is -0.838. The van der Waals surface area contributed by atoms with Gasteiger partial charge in [-0.15, -0.1) is 0 Å². The van der Waals surface area contributed by atoms with Crippen LogP contribution in [-0.2, 0) is 16.0 Å². The molecule has 0 aliphatic rings. The van der Waals surface area contributed by atoms with Gasteiger partial charge in [-0.1, -0.05) is 31.2 Å². The summed E-state index contributed by atoms with van der Waals surface area (Å²) in [6, 6.07) is 14.5. The normalized spacial score (nSPS) is 10.5. The molecule has 130 valence electrons. The first-order valence-electron chi connectivity index (χ1n) is 8.08. The second kappa shape index (κ2) is 9.22. The van der Waals surface area contributed by atoms with E-state index in [1.807, 2.05) is 31.2 Å². The Morgan fingerprint density at radius 2 is 1.68 bits per heavy atom. The number of nitrogens with zero attached hydrogens (tertiary/aromatic N) is 1. The topological polar surface area (TPSA) is 79.8 Å². The van der Waals surface area contributed by atoms with Gasteiger partial charge in [0.05, 0.1) is 12.8 Å². The number of ether oxygens (including phenoxy) is 1. The third kappa shape index (κ3) is 5.76. The maximum absolute atomic E-state index is 11.8. The predicted molar refractivity (Wildman–Crippen MR) is 97.8 cm³/mol. The first-order chi connectivity index (χ1) is 12.1. The van der Waals surface area contributed by atoms with Gasteiger partial charge in [0.1, 0.15) is 5.75 Å². The molecule has 25 heavy (non-hydrogen) atoms. The number of aryl methyl sites for hydroxylation is 1. The number of benzene rings is 2. The molecule has 0 saturated carbocycles. The molecule has 0 aliphatic heterocycles. The zero-order valence-corrected chi connectivity index (χ0v) is 14.3. The third-order valence-corrected chi connectivity index (χ3v) is 3.40. The molecule has 0 unspecified atom stereocenters. The Labute approximate surface area is 146 Å². The van der Waals surface area contributed by atoms with Crippen molar-refractivity contribution in [1.82, 2.24) is 5.43 Å². The maximum atomic E-state index is 11.8. The van der Waals surface area contributed by atoms with Crippen LogP contribution >= 0.6 is 0 Å². The lowest BCUT2D eigenvalue weighted by molar-refractivity contribution is -0.136.